The molecule has 0 unspecified atom stereocenters. The molecule has 0 radical (unpaired) electrons. The average Bonchev–Trinajstić information content (AvgIpc) is 3.00. The molecule has 2 aromatic heterocycles. The fourth-order valence-electron chi connectivity index (χ4n) is 2.75. The first kappa shape index (κ1) is 19.4. The van der Waals surface area contributed by atoms with Gasteiger partial charge in [0.15, 0.2) is 11.8 Å². The van der Waals surface area contributed by atoms with Crippen molar-refractivity contribution in [1.82, 2.24) is 14.8 Å². The van der Waals surface area contributed by atoms with Crippen molar-refractivity contribution in [2.24, 2.45) is 10.7 Å². The van der Waals surface area contributed by atoms with E-state index < -0.39 is 0 Å². The Kier molecular flexibility index (Phi) is 5.93. The second-order valence-corrected chi connectivity index (χ2v) is 6.88. The van der Waals surface area contributed by atoms with Crippen LogP contribution in [0.25, 0.3) is 5.82 Å². The van der Waals surface area contributed by atoms with Gasteiger partial charge in [0.05, 0.1) is 18.3 Å². The van der Waals surface area contributed by atoms with Crippen molar-refractivity contribution in [3.8, 4) is 11.6 Å². The topological polar surface area (TPSA) is 90.4 Å². The molecule has 146 valence electrons. The molecule has 0 saturated carbocycles. The van der Waals surface area contributed by atoms with Gasteiger partial charge in [-0.05, 0) is 69.7 Å². The number of nitrogens with zero attached hydrogens (tertiary/aromatic N) is 4. The summed E-state index contributed by atoms with van der Waals surface area (Å²) in [6.07, 6.45) is 1.94. The maximum Gasteiger partial charge on any atom is 0.193 e. The number of guanidine groups is 1. The molecule has 0 saturated heterocycles. The molecule has 0 bridgehead atoms. The second-order valence-electron chi connectivity index (χ2n) is 6.88. The van der Waals surface area contributed by atoms with Crippen molar-refractivity contribution in [1.29, 1.82) is 0 Å². The van der Waals surface area contributed by atoms with Gasteiger partial charge < -0.3 is 15.8 Å². The lowest BCUT2D eigenvalue weighted by Gasteiger charge is -2.11. The van der Waals surface area contributed by atoms with E-state index in [4.69, 9.17) is 10.5 Å². The van der Waals surface area contributed by atoms with Gasteiger partial charge >= 0.3 is 0 Å². The van der Waals surface area contributed by atoms with Gasteiger partial charge in [0.2, 0.25) is 0 Å². The highest BCUT2D eigenvalue weighted by Gasteiger charge is 2.05. The van der Waals surface area contributed by atoms with Crippen LogP contribution < -0.4 is 15.8 Å². The summed E-state index contributed by atoms with van der Waals surface area (Å²) in [5, 5.41) is 7.52. The van der Waals surface area contributed by atoms with Gasteiger partial charge in [0, 0.05) is 17.6 Å². The summed E-state index contributed by atoms with van der Waals surface area (Å²) >= 11 is 0. The Morgan fingerprint density at radius 3 is 2.50 bits per heavy atom. The zero-order valence-corrected chi connectivity index (χ0v) is 16.7. The third kappa shape index (κ3) is 5.09. The van der Waals surface area contributed by atoms with Crippen molar-refractivity contribution < 1.29 is 4.74 Å². The molecular weight excluding hydrogens is 352 g/mol. The molecule has 3 rings (SSSR count). The maximum atomic E-state index is 5.99. The van der Waals surface area contributed by atoms with Crippen molar-refractivity contribution in [2.75, 3.05) is 5.32 Å². The molecule has 28 heavy (non-hydrogen) atoms. The van der Waals surface area contributed by atoms with E-state index >= 15 is 0 Å². The van der Waals surface area contributed by atoms with Crippen LogP contribution in [0.2, 0.25) is 0 Å². The first-order valence-electron chi connectivity index (χ1n) is 9.23. The molecule has 0 aliphatic rings. The zero-order valence-electron chi connectivity index (χ0n) is 16.7. The highest BCUT2D eigenvalue weighted by Crippen LogP contribution is 2.17. The number of pyridine rings is 1. The quantitative estimate of drug-likeness (QED) is 0.505. The number of hydrogen-bond acceptors (Lipinski definition) is 4. The SMILES string of the molecule is Cc1cc(C)n(-c2ccc(CN=C(N)Nc3ccc(OC(C)C)cc3)cn2)n1. The maximum absolute atomic E-state index is 5.99. The minimum Gasteiger partial charge on any atom is -0.491 e. The molecule has 3 N–H and O–H groups in total. The lowest BCUT2D eigenvalue weighted by Crippen LogP contribution is -2.22. The van der Waals surface area contributed by atoms with Gasteiger partial charge in [0.1, 0.15) is 5.75 Å². The van der Waals surface area contributed by atoms with Gasteiger partial charge in [-0.25, -0.2) is 14.7 Å². The van der Waals surface area contributed by atoms with Gasteiger partial charge in [0.25, 0.3) is 0 Å². The highest BCUT2D eigenvalue weighted by molar-refractivity contribution is 5.92. The summed E-state index contributed by atoms with van der Waals surface area (Å²) in [7, 11) is 0. The Morgan fingerprint density at radius 2 is 1.93 bits per heavy atom. The molecular formula is C21H26N6O. The average molecular weight is 378 g/mol. The molecule has 0 aliphatic heterocycles. The first-order valence-corrected chi connectivity index (χ1v) is 9.23. The van der Waals surface area contributed by atoms with E-state index in [-0.39, 0.29) is 6.10 Å². The molecule has 3 aromatic rings. The van der Waals surface area contributed by atoms with Gasteiger partial charge in [-0.1, -0.05) is 6.07 Å². The summed E-state index contributed by atoms with van der Waals surface area (Å²) in [6.45, 7) is 8.41. The van der Waals surface area contributed by atoms with Crippen LogP contribution in [0.4, 0.5) is 5.69 Å². The van der Waals surface area contributed by atoms with Crippen molar-refractivity contribution in [2.45, 2.75) is 40.3 Å². The number of hydrogen-bond donors (Lipinski definition) is 2. The molecule has 0 fully saturated rings. The minimum absolute atomic E-state index is 0.145. The van der Waals surface area contributed by atoms with E-state index in [9.17, 15) is 0 Å². The lowest BCUT2D eigenvalue weighted by atomic mass is 10.3. The summed E-state index contributed by atoms with van der Waals surface area (Å²) in [5.41, 5.74) is 9.83. The van der Waals surface area contributed by atoms with Crippen molar-refractivity contribution in [3.63, 3.8) is 0 Å². The summed E-state index contributed by atoms with van der Waals surface area (Å²) in [4.78, 5) is 8.85. The number of ether oxygens (including phenoxy) is 1. The van der Waals surface area contributed by atoms with E-state index in [1.54, 1.807) is 6.20 Å². The van der Waals surface area contributed by atoms with Crippen LogP contribution in [0.5, 0.6) is 5.75 Å². The second kappa shape index (κ2) is 8.56. The predicted octanol–water partition coefficient (Wildman–Crippen LogP) is 3.60. The van der Waals surface area contributed by atoms with Crippen molar-refractivity contribution in [3.05, 3.63) is 65.6 Å². The highest BCUT2D eigenvalue weighted by atomic mass is 16.5. The zero-order chi connectivity index (χ0) is 20.1. The Hall–Kier alpha value is -3.35. The first-order chi connectivity index (χ1) is 13.4. The normalized spacial score (nSPS) is 11.7. The Morgan fingerprint density at radius 1 is 1.18 bits per heavy atom. The fourth-order valence-corrected chi connectivity index (χ4v) is 2.75. The molecule has 7 nitrogen and oxygen atoms in total. The van der Waals surface area contributed by atoms with Crippen molar-refractivity contribution >= 4 is 11.6 Å². The predicted molar refractivity (Wildman–Crippen MR) is 112 cm³/mol. The number of rotatable bonds is 6. The molecule has 0 atom stereocenters. The van der Waals surface area contributed by atoms with Gasteiger partial charge in [-0.2, -0.15) is 5.10 Å². The van der Waals surface area contributed by atoms with E-state index in [0.29, 0.717) is 12.5 Å². The summed E-state index contributed by atoms with van der Waals surface area (Å²) < 4.78 is 7.45. The number of benzene rings is 1. The Labute approximate surface area is 165 Å². The Balaban J connectivity index is 1.59. The summed E-state index contributed by atoms with van der Waals surface area (Å²) in [5.74, 6) is 1.96. The number of aromatic nitrogens is 3. The van der Waals surface area contributed by atoms with E-state index in [1.165, 1.54) is 0 Å². The standard InChI is InChI=1S/C21H26N6O/c1-14(2)28-19-8-6-18(7-9-19)25-21(22)24-13-17-5-10-20(23-12-17)27-16(4)11-15(3)26-27/h5-12,14H,13H2,1-4H3,(H3,22,24,25). The van der Waals surface area contributed by atoms with Crippen LogP contribution in [0.15, 0.2) is 53.7 Å². The number of anilines is 1. The molecule has 1 aromatic carbocycles. The molecule has 7 heteroatoms. The summed E-state index contributed by atoms with van der Waals surface area (Å²) in [6, 6.07) is 13.5. The van der Waals surface area contributed by atoms with Crippen LogP contribution in [-0.2, 0) is 6.54 Å². The van der Waals surface area contributed by atoms with Crippen LogP contribution in [0, 0.1) is 13.8 Å². The third-order valence-electron chi connectivity index (χ3n) is 3.97. The smallest absolute Gasteiger partial charge is 0.193 e. The van der Waals surface area contributed by atoms with Crippen LogP contribution in [0.3, 0.4) is 0 Å². The van der Waals surface area contributed by atoms with E-state index in [0.717, 1.165) is 34.2 Å². The fraction of sp³-hybridized carbons (Fsp3) is 0.286. The van der Waals surface area contributed by atoms with Gasteiger partial charge in [-0.3, -0.25) is 0 Å². The van der Waals surface area contributed by atoms with Gasteiger partial charge in [-0.15, -0.1) is 0 Å². The molecule has 0 spiro atoms. The lowest BCUT2D eigenvalue weighted by molar-refractivity contribution is 0.242. The van der Waals surface area contributed by atoms with Crippen LogP contribution in [0.1, 0.15) is 30.8 Å². The largest absolute Gasteiger partial charge is 0.491 e. The van der Waals surface area contributed by atoms with E-state index in [1.807, 2.05) is 74.8 Å². The minimum atomic E-state index is 0.145. The van der Waals surface area contributed by atoms with Crippen LogP contribution >= 0.6 is 0 Å². The third-order valence-corrected chi connectivity index (χ3v) is 3.97. The number of nitrogens with one attached hydrogen (secondary N) is 1. The molecule has 0 amide bonds. The molecule has 0 aliphatic carbocycles. The number of aliphatic imine (C=N–C) groups is 1. The van der Waals surface area contributed by atoms with E-state index in [2.05, 4.69) is 20.4 Å². The monoisotopic (exact) mass is 378 g/mol. The number of nitrogens with two attached hydrogens (primary N) is 1. The number of aryl methyl sites for hydroxylation is 2. The molecule has 2 heterocycles. The van der Waals surface area contributed by atoms with Crippen LogP contribution in [-0.4, -0.2) is 26.8 Å². The Bertz CT molecular complexity index is 942.